The van der Waals surface area contributed by atoms with E-state index >= 15 is 0 Å². The van der Waals surface area contributed by atoms with Crippen LogP contribution in [-0.4, -0.2) is 4.92 Å². The van der Waals surface area contributed by atoms with Gasteiger partial charge in [0.1, 0.15) is 0 Å². The van der Waals surface area contributed by atoms with Gasteiger partial charge in [0, 0.05) is 6.07 Å². The highest BCUT2D eigenvalue weighted by Gasteiger charge is 2.32. The van der Waals surface area contributed by atoms with Gasteiger partial charge in [-0.1, -0.05) is 30.3 Å². The molecule has 0 radical (unpaired) electrons. The lowest BCUT2D eigenvalue weighted by Gasteiger charge is -2.20. The number of hydrogen-bond donors (Lipinski definition) is 1. The van der Waals surface area contributed by atoms with Crippen molar-refractivity contribution >= 4 is 11.4 Å². The molecule has 0 aromatic heterocycles. The number of halogens is 1. The number of nitro benzene ring substituents is 1. The smallest absolute Gasteiger partial charge is 0.272 e. The molecule has 0 saturated heterocycles. The Morgan fingerprint density at radius 3 is 2.48 bits per heavy atom. The molecule has 5 heteroatoms. The zero-order chi connectivity index (χ0) is 14.8. The van der Waals surface area contributed by atoms with Crippen LogP contribution in [0.5, 0.6) is 0 Å². The van der Waals surface area contributed by atoms with Crippen LogP contribution < -0.4 is 5.32 Å². The van der Waals surface area contributed by atoms with Gasteiger partial charge in [-0.2, -0.15) is 0 Å². The summed E-state index contributed by atoms with van der Waals surface area (Å²) in [5.74, 6) is -0.104. The van der Waals surface area contributed by atoms with E-state index in [0.717, 1.165) is 24.5 Å². The van der Waals surface area contributed by atoms with E-state index in [1.807, 2.05) is 30.3 Å². The van der Waals surface area contributed by atoms with Crippen LogP contribution in [-0.2, 0) is 0 Å². The first-order valence-electron chi connectivity index (χ1n) is 6.90. The highest BCUT2D eigenvalue weighted by atomic mass is 19.1. The molecule has 0 amide bonds. The van der Waals surface area contributed by atoms with Crippen LogP contribution in [0.2, 0.25) is 0 Å². The fourth-order valence-electron chi connectivity index (χ4n) is 2.47. The van der Waals surface area contributed by atoms with Crippen molar-refractivity contribution in [2.45, 2.75) is 18.9 Å². The predicted molar refractivity (Wildman–Crippen MR) is 78.6 cm³/mol. The summed E-state index contributed by atoms with van der Waals surface area (Å²) in [6, 6.07) is 13.6. The van der Waals surface area contributed by atoms with Crippen molar-refractivity contribution in [3.63, 3.8) is 0 Å². The monoisotopic (exact) mass is 286 g/mol. The SMILES string of the molecule is O=[N+]([O-])c1ccc(NC(c2ccccc2)C2CC2)c(F)c1. The summed E-state index contributed by atoms with van der Waals surface area (Å²) in [6.07, 6.45) is 2.22. The van der Waals surface area contributed by atoms with Gasteiger partial charge >= 0.3 is 0 Å². The van der Waals surface area contributed by atoms with Gasteiger partial charge in [-0.05, 0) is 30.4 Å². The quantitative estimate of drug-likeness (QED) is 0.658. The van der Waals surface area contributed by atoms with Crippen molar-refractivity contribution < 1.29 is 9.31 Å². The minimum absolute atomic E-state index is 0.0437. The first-order chi connectivity index (χ1) is 10.1. The third-order valence-corrected chi connectivity index (χ3v) is 3.73. The van der Waals surface area contributed by atoms with Crippen LogP contribution in [0.1, 0.15) is 24.4 Å². The van der Waals surface area contributed by atoms with E-state index < -0.39 is 10.7 Å². The van der Waals surface area contributed by atoms with E-state index in [1.54, 1.807) is 0 Å². The van der Waals surface area contributed by atoms with Gasteiger partial charge in [0.25, 0.3) is 5.69 Å². The molecule has 2 aromatic carbocycles. The minimum Gasteiger partial charge on any atom is -0.376 e. The molecular formula is C16H15FN2O2. The summed E-state index contributed by atoms with van der Waals surface area (Å²) in [7, 11) is 0. The lowest BCUT2D eigenvalue weighted by Crippen LogP contribution is -2.13. The highest BCUT2D eigenvalue weighted by molar-refractivity contribution is 5.52. The third kappa shape index (κ3) is 3.02. The molecule has 1 atom stereocenters. The van der Waals surface area contributed by atoms with Crippen molar-refractivity contribution in [1.29, 1.82) is 0 Å². The summed E-state index contributed by atoms with van der Waals surface area (Å²) in [6.45, 7) is 0. The average molecular weight is 286 g/mol. The molecule has 0 spiro atoms. The first-order valence-corrected chi connectivity index (χ1v) is 6.90. The summed E-state index contributed by atoms with van der Waals surface area (Å²) in [5.41, 5.74) is 1.18. The molecule has 1 fully saturated rings. The number of hydrogen-bond acceptors (Lipinski definition) is 3. The van der Waals surface area contributed by atoms with Gasteiger partial charge < -0.3 is 5.32 Å². The van der Waals surface area contributed by atoms with Crippen LogP contribution in [0.3, 0.4) is 0 Å². The number of nitrogens with one attached hydrogen (secondary N) is 1. The Hall–Kier alpha value is -2.43. The van der Waals surface area contributed by atoms with Gasteiger partial charge in [-0.3, -0.25) is 10.1 Å². The second-order valence-electron chi connectivity index (χ2n) is 5.29. The lowest BCUT2D eigenvalue weighted by molar-refractivity contribution is -0.385. The van der Waals surface area contributed by atoms with E-state index in [2.05, 4.69) is 5.32 Å². The Balaban J connectivity index is 1.85. The Morgan fingerprint density at radius 2 is 1.90 bits per heavy atom. The van der Waals surface area contributed by atoms with Crippen LogP contribution in [0.4, 0.5) is 15.8 Å². The molecule has 1 N–H and O–H groups in total. The van der Waals surface area contributed by atoms with Gasteiger partial charge in [0.2, 0.25) is 0 Å². The number of non-ortho nitro benzene ring substituents is 1. The number of nitrogens with zero attached hydrogens (tertiary/aromatic N) is 1. The Bertz CT molecular complexity index is 657. The molecule has 1 saturated carbocycles. The third-order valence-electron chi connectivity index (χ3n) is 3.73. The van der Waals surface area contributed by atoms with Crippen LogP contribution in [0, 0.1) is 21.8 Å². The molecule has 1 aliphatic carbocycles. The van der Waals surface area contributed by atoms with E-state index in [1.165, 1.54) is 12.1 Å². The molecular weight excluding hydrogens is 271 g/mol. The Morgan fingerprint density at radius 1 is 1.19 bits per heavy atom. The van der Waals surface area contributed by atoms with Crippen molar-refractivity contribution in [2.24, 2.45) is 5.92 Å². The fourth-order valence-corrected chi connectivity index (χ4v) is 2.47. The van der Waals surface area contributed by atoms with Gasteiger partial charge in [-0.25, -0.2) is 4.39 Å². The van der Waals surface area contributed by atoms with E-state index in [0.29, 0.717) is 11.6 Å². The second kappa shape index (κ2) is 5.52. The molecule has 2 aromatic rings. The van der Waals surface area contributed by atoms with Crippen LogP contribution in [0.25, 0.3) is 0 Å². The van der Waals surface area contributed by atoms with Crippen molar-refractivity contribution in [3.8, 4) is 0 Å². The lowest BCUT2D eigenvalue weighted by atomic mass is 10.0. The zero-order valence-electron chi connectivity index (χ0n) is 11.3. The summed E-state index contributed by atoms with van der Waals surface area (Å²) >= 11 is 0. The number of anilines is 1. The predicted octanol–water partition coefficient (Wildman–Crippen LogP) is 4.30. The van der Waals surface area contributed by atoms with Crippen molar-refractivity contribution in [3.05, 3.63) is 70.0 Å². The highest BCUT2D eigenvalue weighted by Crippen LogP contribution is 2.43. The molecule has 4 nitrogen and oxygen atoms in total. The molecule has 0 aliphatic heterocycles. The second-order valence-corrected chi connectivity index (χ2v) is 5.29. The normalized spacial score (nSPS) is 15.5. The standard InChI is InChI=1S/C16H15FN2O2/c17-14-10-13(19(20)21)8-9-15(14)18-16(12-6-7-12)11-4-2-1-3-5-11/h1-5,8-10,12,16,18H,6-7H2. The molecule has 1 aliphatic rings. The van der Waals surface area contributed by atoms with Crippen molar-refractivity contribution in [2.75, 3.05) is 5.32 Å². The maximum atomic E-state index is 14.0. The first kappa shape index (κ1) is 13.5. The number of nitro groups is 1. The van der Waals surface area contributed by atoms with Crippen LogP contribution in [0.15, 0.2) is 48.5 Å². The van der Waals surface area contributed by atoms with E-state index in [4.69, 9.17) is 0 Å². The average Bonchev–Trinajstić information content (AvgIpc) is 3.31. The number of rotatable bonds is 5. The zero-order valence-corrected chi connectivity index (χ0v) is 11.3. The van der Waals surface area contributed by atoms with E-state index in [9.17, 15) is 14.5 Å². The topological polar surface area (TPSA) is 55.2 Å². The molecule has 0 bridgehead atoms. The van der Waals surface area contributed by atoms with E-state index in [-0.39, 0.29) is 11.7 Å². The molecule has 1 unspecified atom stereocenters. The van der Waals surface area contributed by atoms with Crippen molar-refractivity contribution in [1.82, 2.24) is 0 Å². The summed E-state index contributed by atoms with van der Waals surface area (Å²) in [5, 5.41) is 13.8. The van der Waals surface area contributed by atoms with Gasteiger partial charge in [-0.15, -0.1) is 0 Å². The summed E-state index contributed by atoms with van der Waals surface area (Å²) in [4.78, 5) is 10.1. The Labute approximate surface area is 121 Å². The molecule has 0 heterocycles. The van der Waals surface area contributed by atoms with Gasteiger partial charge in [0.15, 0.2) is 5.82 Å². The van der Waals surface area contributed by atoms with Gasteiger partial charge in [0.05, 0.1) is 22.7 Å². The molecule has 21 heavy (non-hydrogen) atoms. The fraction of sp³-hybridized carbons (Fsp3) is 0.250. The van der Waals surface area contributed by atoms with Crippen LogP contribution >= 0.6 is 0 Å². The molecule has 108 valence electrons. The maximum absolute atomic E-state index is 14.0. The maximum Gasteiger partial charge on any atom is 0.272 e. The Kier molecular flexibility index (Phi) is 3.56. The largest absolute Gasteiger partial charge is 0.376 e. The summed E-state index contributed by atoms with van der Waals surface area (Å²) < 4.78 is 14.0. The number of benzene rings is 2. The minimum atomic E-state index is -0.595. The molecule has 3 rings (SSSR count).